The number of rotatable bonds is 2. The molecule has 2 rings (SSSR count). The van der Waals surface area contributed by atoms with Gasteiger partial charge in [-0.15, -0.1) is 0 Å². The molecule has 2 amide bonds. The van der Waals surface area contributed by atoms with E-state index in [1.165, 1.54) is 0 Å². The van der Waals surface area contributed by atoms with Crippen LogP contribution in [0, 0.1) is 0 Å². The highest BCUT2D eigenvalue weighted by Crippen LogP contribution is 2.12. The van der Waals surface area contributed by atoms with Gasteiger partial charge in [0.1, 0.15) is 6.23 Å². The Labute approximate surface area is 94.6 Å². The SMILES string of the molecule is O=C(NC1CCS(=O)(=O)C1)NC1CCCO1. The van der Waals surface area contributed by atoms with Crippen LogP contribution in [0.15, 0.2) is 0 Å². The molecule has 2 N–H and O–H groups in total. The van der Waals surface area contributed by atoms with E-state index in [2.05, 4.69) is 10.6 Å². The van der Waals surface area contributed by atoms with Crippen LogP contribution in [0.5, 0.6) is 0 Å². The van der Waals surface area contributed by atoms with Crippen molar-refractivity contribution in [1.29, 1.82) is 0 Å². The summed E-state index contributed by atoms with van der Waals surface area (Å²) in [5, 5.41) is 5.32. The van der Waals surface area contributed by atoms with Gasteiger partial charge in [0.25, 0.3) is 0 Å². The van der Waals surface area contributed by atoms with Crippen LogP contribution in [0.25, 0.3) is 0 Å². The molecule has 16 heavy (non-hydrogen) atoms. The quantitative estimate of drug-likeness (QED) is 0.697. The largest absolute Gasteiger partial charge is 0.358 e. The van der Waals surface area contributed by atoms with E-state index in [4.69, 9.17) is 4.74 Å². The number of hydrogen-bond donors (Lipinski definition) is 2. The molecular weight excluding hydrogens is 232 g/mol. The van der Waals surface area contributed by atoms with Crippen molar-refractivity contribution in [2.45, 2.75) is 31.5 Å². The summed E-state index contributed by atoms with van der Waals surface area (Å²) in [6, 6.07) is -0.597. The molecule has 6 nitrogen and oxygen atoms in total. The normalized spacial score (nSPS) is 32.5. The zero-order valence-corrected chi connectivity index (χ0v) is 9.76. The monoisotopic (exact) mass is 248 g/mol. The molecular formula is C9H16N2O4S. The fourth-order valence-corrected chi connectivity index (χ4v) is 3.65. The van der Waals surface area contributed by atoms with Gasteiger partial charge < -0.3 is 15.4 Å². The molecule has 0 aromatic heterocycles. The third kappa shape index (κ3) is 3.08. The van der Waals surface area contributed by atoms with Crippen molar-refractivity contribution >= 4 is 15.9 Å². The van der Waals surface area contributed by atoms with Crippen molar-refractivity contribution in [2.24, 2.45) is 0 Å². The summed E-state index contributed by atoms with van der Waals surface area (Å²) in [5.74, 6) is 0.212. The van der Waals surface area contributed by atoms with E-state index in [0.29, 0.717) is 13.0 Å². The van der Waals surface area contributed by atoms with Crippen LogP contribution in [0.2, 0.25) is 0 Å². The second-order valence-corrected chi connectivity index (χ2v) is 6.45. The summed E-state index contributed by atoms with van der Waals surface area (Å²) in [6.07, 6.45) is 2.04. The molecule has 2 unspecified atom stereocenters. The molecule has 0 aromatic carbocycles. The number of nitrogens with one attached hydrogen (secondary N) is 2. The molecule has 0 saturated carbocycles. The van der Waals surface area contributed by atoms with E-state index >= 15 is 0 Å². The Morgan fingerprint density at radius 2 is 2.06 bits per heavy atom. The molecule has 7 heteroatoms. The van der Waals surface area contributed by atoms with Crippen LogP contribution in [-0.4, -0.2) is 44.8 Å². The Balaban J connectivity index is 1.75. The Morgan fingerprint density at radius 3 is 2.62 bits per heavy atom. The Morgan fingerprint density at radius 1 is 1.25 bits per heavy atom. The summed E-state index contributed by atoms with van der Waals surface area (Å²) in [4.78, 5) is 11.5. The van der Waals surface area contributed by atoms with Crippen LogP contribution in [0.4, 0.5) is 4.79 Å². The summed E-state index contributed by atoms with van der Waals surface area (Å²) in [5.41, 5.74) is 0. The lowest BCUT2D eigenvalue weighted by Gasteiger charge is -2.15. The Kier molecular flexibility index (Phi) is 3.34. The number of carbonyl (C=O) groups is 1. The minimum atomic E-state index is -2.94. The van der Waals surface area contributed by atoms with E-state index in [1.54, 1.807) is 0 Å². The lowest BCUT2D eigenvalue weighted by molar-refractivity contribution is 0.0904. The smallest absolute Gasteiger partial charge is 0.317 e. The van der Waals surface area contributed by atoms with E-state index in [0.717, 1.165) is 12.8 Å². The van der Waals surface area contributed by atoms with Crippen LogP contribution in [0.3, 0.4) is 0 Å². The van der Waals surface area contributed by atoms with Crippen LogP contribution in [0.1, 0.15) is 19.3 Å². The zero-order valence-electron chi connectivity index (χ0n) is 8.94. The van der Waals surface area contributed by atoms with Crippen molar-refractivity contribution < 1.29 is 17.9 Å². The maximum Gasteiger partial charge on any atom is 0.317 e. The molecule has 0 radical (unpaired) electrons. The zero-order chi connectivity index (χ0) is 11.6. The van der Waals surface area contributed by atoms with Crippen LogP contribution >= 0.6 is 0 Å². The number of sulfone groups is 1. The molecule has 0 aliphatic carbocycles. The highest BCUT2D eigenvalue weighted by atomic mass is 32.2. The summed E-state index contributed by atoms with van der Waals surface area (Å²) < 4.78 is 27.6. The van der Waals surface area contributed by atoms with Gasteiger partial charge in [-0.05, 0) is 19.3 Å². The topological polar surface area (TPSA) is 84.5 Å². The summed E-state index contributed by atoms with van der Waals surface area (Å²) in [7, 11) is -2.94. The van der Waals surface area contributed by atoms with Crippen LogP contribution in [-0.2, 0) is 14.6 Å². The van der Waals surface area contributed by atoms with Gasteiger partial charge in [-0.25, -0.2) is 13.2 Å². The lowest BCUT2D eigenvalue weighted by atomic mass is 10.3. The molecule has 2 aliphatic rings. The third-order valence-electron chi connectivity index (χ3n) is 2.79. The number of amides is 2. The second kappa shape index (κ2) is 4.58. The molecule has 2 fully saturated rings. The average Bonchev–Trinajstić information content (AvgIpc) is 2.76. The van der Waals surface area contributed by atoms with E-state index in [-0.39, 0.29) is 29.8 Å². The Bertz CT molecular complexity index is 362. The number of hydrogen-bond acceptors (Lipinski definition) is 4. The van der Waals surface area contributed by atoms with Gasteiger partial charge in [0.15, 0.2) is 9.84 Å². The fourth-order valence-electron chi connectivity index (χ4n) is 1.97. The van der Waals surface area contributed by atoms with Gasteiger partial charge in [0, 0.05) is 12.6 Å². The standard InChI is InChI=1S/C9H16N2O4S/c12-9(11-8-2-1-4-15-8)10-7-3-5-16(13,14)6-7/h7-8H,1-6H2,(H2,10,11,12). The average molecular weight is 248 g/mol. The lowest BCUT2D eigenvalue weighted by Crippen LogP contribution is -2.46. The summed E-state index contributed by atoms with van der Waals surface area (Å²) in [6.45, 7) is 0.669. The van der Waals surface area contributed by atoms with Crippen molar-refractivity contribution in [3.05, 3.63) is 0 Å². The maximum atomic E-state index is 11.5. The van der Waals surface area contributed by atoms with E-state index < -0.39 is 9.84 Å². The molecule has 2 heterocycles. The van der Waals surface area contributed by atoms with Gasteiger partial charge in [-0.2, -0.15) is 0 Å². The third-order valence-corrected chi connectivity index (χ3v) is 4.56. The van der Waals surface area contributed by atoms with Gasteiger partial charge in [0.05, 0.1) is 11.5 Å². The number of urea groups is 1. The van der Waals surface area contributed by atoms with Crippen molar-refractivity contribution in [2.75, 3.05) is 18.1 Å². The highest BCUT2D eigenvalue weighted by molar-refractivity contribution is 7.91. The molecule has 0 bridgehead atoms. The molecule has 0 spiro atoms. The van der Waals surface area contributed by atoms with Crippen molar-refractivity contribution in [1.82, 2.24) is 10.6 Å². The molecule has 2 aliphatic heterocycles. The number of ether oxygens (including phenoxy) is 1. The van der Waals surface area contributed by atoms with Gasteiger partial charge >= 0.3 is 6.03 Å². The first-order chi connectivity index (χ1) is 7.55. The number of carbonyl (C=O) groups excluding carboxylic acids is 1. The molecule has 0 aromatic rings. The van der Waals surface area contributed by atoms with Crippen molar-refractivity contribution in [3.8, 4) is 0 Å². The minimum Gasteiger partial charge on any atom is -0.358 e. The molecule has 92 valence electrons. The van der Waals surface area contributed by atoms with Crippen LogP contribution < -0.4 is 10.6 Å². The molecule has 2 saturated heterocycles. The predicted molar refractivity (Wildman–Crippen MR) is 57.7 cm³/mol. The predicted octanol–water partition coefficient (Wildman–Crippen LogP) is -0.391. The Hall–Kier alpha value is -0.820. The van der Waals surface area contributed by atoms with Gasteiger partial charge in [0.2, 0.25) is 0 Å². The van der Waals surface area contributed by atoms with Crippen molar-refractivity contribution in [3.63, 3.8) is 0 Å². The van der Waals surface area contributed by atoms with E-state index in [9.17, 15) is 13.2 Å². The first kappa shape index (κ1) is 11.7. The first-order valence-electron chi connectivity index (χ1n) is 5.44. The van der Waals surface area contributed by atoms with Gasteiger partial charge in [-0.3, -0.25) is 0 Å². The summed E-state index contributed by atoms with van der Waals surface area (Å²) >= 11 is 0. The van der Waals surface area contributed by atoms with E-state index in [1.807, 2.05) is 0 Å². The maximum absolute atomic E-state index is 11.5. The first-order valence-corrected chi connectivity index (χ1v) is 7.26. The second-order valence-electron chi connectivity index (χ2n) is 4.22. The minimum absolute atomic E-state index is 0.0476. The molecule has 2 atom stereocenters. The van der Waals surface area contributed by atoms with Gasteiger partial charge in [-0.1, -0.05) is 0 Å². The fraction of sp³-hybridized carbons (Fsp3) is 0.889. The highest BCUT2D eigenvalue weighted by Gasteiger charge is 2.29.